The molecule has 0 aromatic heterocycles. The first kappa shape index (κ1) is 25.3. The molecule has 0 aliphatic carbocycles. The zero-order valence-electron chi connectivity index (χ0n) is 17.6. The Morgan fingerprint density at radius 2 is 1.89 bits per heavy atom. The summed E-state index contributed by atoms with van der Waals surface area (Å²) in [5.41, 5.74) is 0.609. The van der Waals surface area contributed by atoms with E-state index in [0.29, 0.717) is 6.54 Å². The second kappa shape index (κ2) is 11.5. The van der Waals surface area contributed by atoms with E-state index < -0.39 is 0 Å². The molecule has 0 bridgehead atoms. The molecule has 2 heterocycles. The number of rotatable bonds is 4. The molecule has 0 radical (unpaired) electrons. The second-order valence-corrected chi connectivity index (χ2v) is 8.54. The van der Waals surface area contributed by atoms with Crippen molar-refractivity contribution in [3.63, 3.8) is 0 Å². The Balaban J connectivity index is 0.00000196. The minimum atomic E-state index is -0.172. The van der Waals surface area contributed by atoms with Crippen molar-refractivity contribution in [2.75, 3.05) is 32.7 Å². The van der Waals surface area contributed by atoms with Crippen LogP contribution in [-0.2, 0) is 4.74 Å². The lowest BCUT2D eigenvalue weighted by molar-refractivity contribution is -0.145. The molecule has 0 N–H and O–H groups in total. The molecule has 2 saturated heterocycles. The Hall–Kier alpha value is -0.690. The van der Waals surface area contributed by atoms with Crippen LogP contribution >= 0.6 is 27.0 Å². The lowest BCUT2D eigenvalue weighted by Gasteiger charge is -2.45. The highest BCUT2D eigenvalue weighted by molar-refractivity contribution is 7.59. The lowest BCUT2D eigenvalue weighted by Crippen LogP contribution is -2.56. The van der Waals surface area contributed by atoms with Gasteiger partial charge in [0.1, 0.15) is 0 Å². The molecule has 2 aliphatic rings. The molecule has 3 rings (SSSR count). The van der Waals surface area contributed by atoms with Crippen LogP contribution in [0, 0.1) is 5.92 Å². The molecule has 2 aliphatic heterocycles. The van der Waals surface area contributed by atoms with Gasteiger partial charge in [-0.25, -0.2) is 0 Å². The topological polar surface area (TPSA) is 32.8 Å². The van der Waals surface area contributed by atoms with E-state index in [1.165, 1.54) is 13.0 Å². The van der Waals surface area contributed by atoms with Gasteiger partial charge >= 0.3 is 0 Å². The number of likely N-dealkylation sites (tertiary alicyclic amines) is 1. The fourth-order valence-corrected chi connectivity index (χ4v) is 4.31. The maximum Gasteiger partial charge on any atom is 0.254 e. The summed E-state index contributed by atoms with van der Waals surface area (Å²) in [6, 6.07) is 9.65. The largest absolute Gasteiger partial charge is 0.368 e. The van der Waals surface area contributed by atoms with Gasteiger partial charge in [-0.2, -0.15) is 27.0 Å². The molecule has 1 aromatic carbocycles. The van der Waals surface area contributed by atoms with Gasteiger partial charge in [0.25, 0.3) is 5.91 Å². The van der Waals surface area contributed by atoms with Crippen LogP contribution in [0.5, 0.6) is 0 Å². The van der Waals surface area contributed by atoms with Crippen molar-refractivity contribution in [1.29, 1.82) is 0 Å². The standard InChI is InChI=1S/C22H34N2O2.2H2S/c1-18(2)10-14-23-13-7-11-22(12-15-23)17-24(16-19(3)26-22)21(25)20-8-5-4-6-9-20;;/h4-6,8-9,18-19H,7,10-17H2,1-3H3;2*1H2/t19-,22-;;/m0../s1. The molecule has 2 fully saturated rings. The third kappa shape index (κ3) is 6.68. The molecule has 1 spiro atoms. The molecule has 4 nitrogen and oxygen atoms in total. The molecule has 6 heteroatoms. The predicted octanol–water partition coefficient (Wildman–Crippen LogP) is 4.04. The molecule has 0 unspecified atom stereocenters. The Bertz CT molecular complexity index is 599. The molecule has 0 saturated carbocycles. The van der Waals surface area contributed by atoms with E-state index in [9.17, 15) is 4.79 Å². The zero-order chi connectivity index (χ0) is 18.6. The summed E-state index contributed by atoms with van der Waals surface area (Å²) >= 11 is 0. The van der Waals surface area contributed by atoms with Gasteiger partial charge in [-0.05, 0) is 63.7 Å². The van der Waals surface area contributed by atoms with Gasteiger partial charge in [0, 0.05) is 18.7 Å². The smallest absolute Gasteiger partial charge is 0.254 e. The second-order valence-electron chi connectivity index (χ2n) is 8.54. The van der Waals surface area contributed by atoms with Gasteiger partial charge in [0.05, 0.1) is 18.2 Å². The number of ether oxygens (including phenoxy) is 1. The number of amides is 1. The van der Waals surface area contributed by atoms with E-state index in [1.807, 2.05) is 35.2 Å². The van der Waals surface area contributed by atoms with Gasteiger partial charge in [-0.15, -0.1) is 0 Å². The highest BCUT2D eigenvalue weighted by Gasteiger charge is 2.42. The van der Waals surface area contributed by atoms with Crippen molar-refractivity contribution in [1.82, 2.24) is 9.80 Å². The van der Waals surface area contributed by atoms with Crippen molar-refractivity contribution in [2.45, 2.75) is 58.2 Å². The summed E-state index contributed by atoms with van der Waals surface area (Å²) in [4.78, 5) is 17.6. The SMILES string of the molecule is CC(C)CCN1CCC[C@]2(CC1)CN(C(=O)c1ccccc1)C[C@H](C)O2.S.S. The quantitative estimate of drug-likeness (QED) is 0.728. The number of hydrogen-bond acceptors (Lipinski definition) is 3. The Morgan fingerprint density at radius 3 is 2.57 bits per heavy atom. The minimum absolute atomic E-state index is 0. The van der Waals surface area contributed by atoms with Crippen LogP contribution in [0.15, 0.2) is 30.3 Å². The van der Waals surface area contributed by atoms with Gasteiger partial charge in [-0.3, -0.25) is 4.79 Å². The molecular weight excluding hydrogens is 388 g/mol. The Kier molecular flexibility index (Phi) is 10.4. The van der Waals surface area contributed by atoms with Crippen molar-refractivity contribution in [3.05, 3.63) is 35.9 Å². The number of carbonyl (C=O) groups excluding carboxylic acids is 1. The van der Waals surface area contributed by atoms with Crippen LogP contribution < -0.4 is 0 Å². The normalized spacial score (nSPS) is 25.7. The predicted molar refractivity (Wildman–Crippen MR) is 126 cm³/mol. The van der Waals surface area contributed by atoms with Crippen molar-refractivity contribution in [2.24, 2.45) is 5.92 Å². The molecule has 1 aromatic rings. The van der Waals surface area contributed by atoms with Crippen molar-refractivity contribution < 1.29 is 9.53 Å². The number of nitrogens with zero attached hydrogens (tertiary/aromatic N) is 2. The first-order valence-corrected chi connectivity index (χ1v) is 10.2. The Labute approximate surface area is 184 Å². The molecule has 2 atom stereocenters. The van der Waals surface area contributed by atoms with E-state index in [4.69, 9.17) is 4.74 Å². The maximum absolute atomic E-state index is 13.0. The summed E-state index contributed by atoms with van der Waals surface area (Å²) in [6.45, 7) is 11.5. The average Bonchev–Trinajstić information content (AvgIpc) is 2.81. The summed E-state index contributed by atoms with van der Waals surface area (Å²) in [7, 11) is 0. The number of benzene rings is 1. The third-order valence-corrected chi connectivity index (χ3v) is 5.73. The van der Waals surface area contributed by atoms with Crippen LogP contribution in [0.1, 0.15) is 56.8 Å². The van der Waals surface area contributed by atoms with Gasteiger partial charge in [0.15, 0.2) is 0 Å². The van der Waals surface area contributed by atoms with Crippen molar-refractivity contribution >= 4 is 32.9 Å². The fraction of sp³-hybridized carbons (Fsp3) is 0.682. The van der Waals surface area contributed by atoms with E-state index in [0.717, 1.165) is 50.4 Å². The first-order chi connectivity index (χ1) is 12.5. The van der Waals surface area contributed by atoms with E-state index in [2.05, 4.69) is 25.7 Å². The zero-order valence-corrected chi connectivity index (χ0v) is 19.6. The van der Waals surface area contributed by atoms with Gasteiger partial charge < -0.3 is 14.5 Å². The Morgan fingerprint density at radius 1 is 1.18 bits per heavy atom. The number of hydrogen-bond donors (Lipinski definition) is 0. The van der Waals surface area contributed by atoms with E-state index >= 15 is 0 Å². The summed E-state index contributed by atoms with van der Waals surface area (Å²) in [5, 5.41) is 0. The monoisotopic (exact) mass is 426 g/mol. The van der Waals surface area contributed by atoms with Gasteiger partial charge in [-0.1, -0.05) is 32.0 Å². The third-order valence-electron chi connectivity index (χ3n) is 5.73. The molecule has 28 heavy (non-hydrogen) atoms. The summed E-state index contributed by atoms with van der Waals surface area (Å²) < 4.78 is 6.46. The molecule has 160 valence electrons. The van der Waals surface area contributed by atoms with E-state index in [-0.39, 0.29) is 44.6 Å². The van der Waals surface area contributed by atoms with Crippen LogP contribution in [0.4, 0.5) is 0 Å². The lowest BCUT2D eigenvalue weighted by atomic mass is 9.91. The van der Waals surface area contributed by atoms with E-state index in [1.54, 1.807) is 0 Å². The van der Waals surface area contributed by atoms with Crippen LogP contribution in [-0.4, -0.2) is 60.1 Å². The van der Waals surface area contributed by atoms with Crippen molar-refractivity contribution in [3.8, 4) is 0 Å². The fourth-order valence-electron chi connectivity index (χ4n) is 4.31. The van der Waals surface area contributed by atoms with Crippen LogP contribution in [0.3, 0.4) is 0 Å². The maximum atomic E-state index is 13.0. The first-order valence-electron chi connectivity index (χ1n) is 10.2. The average molecular weight is 427 g/mol. The molecule has 1 amide bonds. The summed E-state index contributed by atoms with van der Waals surface area (Å²) in [6.07, 6.45) is 4.57. The number of carbonyl (C=O) groups is 1. The van der Waals surface area contributed by atoms with Crippen LogP contribution in [0.2, 0.25) is 0 Å². The summed E-state index contributed by atoms with van der Waals surface area (Å²) in [5.74, 6) is 0.887. The molecular formula is C22H38N2O2S2. The van der Waals surface area contributed by atoms with Crippen LogP contribution in [0.25, 0.3) is 0 Å². The highest BCUT2D eigenvalue weighted by Crippen LogP contribution is 2.33. The minimum Gasteiger partial charge on any atom is -0.368 e. The van der Waals surface area contributed by atoms with Gasteiger partial charge in [0.2, 0.25) is 0 Å². The highest BCUT2D eigenvalue weighted by atomic mass is 32.1. The number of morpholine rings is 1.